The monoisotopic (exact) mass is 353 g/mol. The van der Waals surface area contributed by atoms with Crippen molar-refractivity contribution in [2.45, 2.75) is 42.6 Å². The quantitative estimate of drug-likeness (QED) is 0.783. The van der Waals surface area contributed by atoms with E-state index in [1.54, 1.807) is 26.4 Å². The maximum absolute atomic E-state index is 13.0. The van der Waals surface area contributed by atoms with Crippen molar-refractivity contribution < 1.29 is 14.3 Å². The molecular weight excluding hydrogens is 334 g/mol. The lowest BCUT2D eigenvalue weighted by Crippen LogP contribution is -2.46. The lowest BCUT2D eigenvalue weighted by Gasteiger charge is -2.37. The van der Waals surface area contributed by atoms with Crippen LogP contribution in [0, 0.1) is 0 Å². The molecule has 2 atom stereocenters. The van der Waals surface area contributed by atoms with Gasteiger partial charge < -0.3 is 14.4 Å². The van der Waals surface area contributed by atoms with Gasteiger partial charge >= 0.3 is 0 Å². The first-order valence-electron chi connectivity index (χ1n) is 7.32. The molecule has 1 aromatic carbocycles. The van der Waals surface area contributed by atoms with Crippen molar-refractivity contribution in [2.24, 2.45) is 0 Å². The van der Waals surface area contributed by atoms with Crippen LogP contribution in [-0.4, -0.2) is 41.9 Å². The second-order valence-corrected chi connectivity index (χ2v) is 7.03. The zero-order chi connectivity index (χ0) is 15.0. The Morgan fingerprint density at radius 1 is 1.19 bits per heavy atom. The molecule has 2 bridgehead atoms. The molecule has 0 N–H and O–H groups in total. The van der Waals surface area contributed by atoms with Crippen LogP contribution in [-0.2, 0) is 0 Å². The number of fused-ring (bicyclic) bond motifs is 2. The second-order valence-electron chi connectivity index (χ2n) is 5.73. The van der Waals surface area contributed by atoms with Crippen molar-refractivity contribution in [3.05, 3.63) is 23.8 Å². The van der Waals surface area contributed by atoms with Gasteiger partial charge in [-0.3, -0.25) is 4.79 Å². The summed E-state index contributed by atoms with van der Waals surface area (Å²) in [5.74, 6) is 1.36. The molecule has 2 unspecified atom stereocenters. The molecule has 2 aliphatic rings. The van der Waals surface area contributed by atoms with Gasteiger partial charge in [0.25, 0.3) is 5.91 Å². The van der Waals surface area contributed by atoms with Gasteiger partial charge in [0, 0.05) is 16.9 Å². The average molecular weight is 354 g/mol. The number of methoxy groups -OCH3 is 2. The number of halogens is 1. The van der Waals surface area contributed by atoms with Crippen molar-refractivity contribution in [2.75, 3.05) is 14.2 Å². The Morgan fingerprint density at radius 2 is 1.86 bits per heavy atom. The van der Waals surface area contributed by atoms with E-state index in [0.29, 0.717) is 34.0 Å². The molecule has 3 rings (SSSR count). The van der Waals surface area contributed by atoms with E-state index >= 15 is 0 Å². The highest BCUT2D eigenvalue weighted by atomic mass is 79.9. The van der Waals surface area contributed by atoms with Gasteiger partial charge in [0.05, 0.1) is 19.8 Å². The van der Waals surface area contributed by atoms with Crippen LogP contribution in [0.2, 0.25) is 0 Å². The number of hydrogen-bond acceptors (Lipinski definition) is 3. The SMILES string of the molecule is COc1ccc(OC)c(C(=O)N2C3CCC2CC(Br)C3)c1. The lowest BCUT2D eigenvalue weighted by molar-refractivity contribution is 0.0600. The van der Waals surface area contributed by atoms with Crippen molar-refractivity contribution in [3.63, 3.8) is 0 Å². The Balaban J connectivity index is 1.92. The smallest absolute Gasteiger partial charge is 0.258 e. The van der Waals surface area contributed by atoms with Gasteiger partial charge in [0.1, 0.15) is 11.5 Å². The van der Waals surface area contributed by atoms with Gasteiger partial charge in [0.2, 0.25) is 0 Å². The third-order valence-electron chi connectivity index (χ3n) is 4.55. The summed E-state index contributed by atoms with van der Waals surface area (Å²) in [6, 6.07) is 6.08. The minimum Gasteiger partial charge on any atom is -0.497 e. The van der Waals surface area contributed by atoms with Crippen LogP contribution >= 0.6 is 15.9 Å². The fraction of sp³-hybridized carbons (Fsp3) is 0.562. The summed E-state index contributed by atoms with van der Waals surface area (Å²) >= 11 is 3.71. The number of nitrogens with zero attached hydrogens (tertiary/aromatic N) is 1. The highest BCUT2D eigenvalue weighted by Gasteiger charge is 2.43. The Hall–Kier alpha value is -1.23. The number of alkyl halides is 1. The Labute approximate surface area is 133 Å². The average Bonchev–Trinajstić information content (AvgIpc) is 2.77. The van der Waals surface area contributed by atoms with Crippen molar-refractivity contribution in [1.82, 2.24) is 4.90 Å². The minimum absolute atomic E-state index is 0.0673. The van der Waals surface area contributed by atoms with E-state index in [2.05, 4.69) is 20.8 Å². The van der Waals surface area contributed by atoms with E-state index in [1.807, 2.05) is 6.07 Å². The van der Waals surface area contributed by atoms with Crippen molar-refractivity contribution >= 4 is 21.8 Å². The number of benzene rings is 1. The number of amides is 1. The van der Waals surface area contributed by atoms with Gasteiger partial charge in [-0.2, -0.15) is 0 Å². The van der Waals surface area contributed by atoms with Crippen LogP contribution in [0.15, 0.2) is 18.2 Å². The third-order valence-corrected chi connectivity index (χ3v) is 5.29. The Bertz CT molecular complexity index is 534. The molecule has 0 aliphatic carbocycles. The van der Waals surface area contributed by atoms with Crippen LogP contribution in [0.1, 0.15) is 36.0 Å². The van der Waals surface area contributed by atoms with Crippen LogP contribution in [0.25, 0.3) is 0 Å². The summed E-state index contributed by atoms with van der Waals surface area (Å²) in [5.41, 5.74) is 0.599. The van der Waals surface area contributed by atoms with E-state index in [4.69, 9.17) is 9.47 Å². The zero-order valence-electron chi connectivity index (χ0n) is 12.3. The first-order valence-corrected chi connectivity index (χ1v) is 8.24. The molecular formula is C16H20BrNO3. The highest BCUT2D eigenvalue weighted by molar-refractivity contribution is 9.09. The number of carbonyl (C=O) groups excluding carboxylic acids is 1. The van der Waals surface area contributed by atoms with Crippen molar-refractivity contribution in [3.8, 4) is 11.5 Å². The molecule has 4 nitrogen and oxygen atoms in total. The summed E-state index contributed by atoms with van der Waals surface area (Å²) < 4.78 is 10.6. The van der Waals surface area contributed by atoms with E-state index in [-0.39, 0.29) is 5.91 Å². The van der Waals surface area contributed by atoms with E-state index in [0.717, 1.165) is 25.7 Å². The maximum atomic E-state index is 13.0. The van der Waals surface area contributed by atoms with E-state index in [9.17, 15) is 4.79 Å². The van der Waals surface area contributed by atoms with E-state index in [1.165, 1.54) is 0 Å². The fourth-order valence-corrected chi connectivity index (χ4v) is 4.43. The predicted octanol–water partition coefficient (Wildman–Crippen LogP) is 3.23. The van der Waals surface area contributed by atoms with Gasteiger partial charge in [-0.1, -0.05) is 15.9 Å². The zero-order valence-corrected chi connectivity index (χ0v) is 13.9. The summed E-state index contributed by atoms with van der Waals surface area (Å²) in [4.78, 5) is 15.6. The number of rotatable bonds is 3. The van der Waals surface area contributed by atoms with Gasteiger partial charge in [-0.25, -0.2) is 0 Å². The molecule has 0 aromatic heterocycles. The largest absolute Gasteiger partial charge is 0.497 e. The molecule has 2 saturated heterocycles. The molecule has 2 heterocycles. The van der Waals surface area contributed by atoms with Gasteiger partial charge in [-0.05, 0) is 43.9 Å². The summed E-state index contributed by atoms with van der Waals surface area (Å²) in [6.45, 7) is 0. The van der Waals surface area contributed by atoms with Gasteiger partial charge in [0.15, 0.2) is 0 Å². The summed E-state index contributed by atoms with van der Waals surface area (Å²) in [5, 5.41) is 0. The molecule has 1 amide bonds. The molecule has 2 aliphatic heterocycles. The molecule has 21 heavy (non-hydrogen) atoms. The molecule has 5 heteroatoms. The predicted molar refractivity (Wildman–Crippen MR) is 84.5 cm³/mol. The molecule has 0 radical (unpaired) electrons. The molecule has 0 saturated carbocycles. The standard InChI is InChI=1S/C16H20BrNO3/c1-20-13-5-6-15(21-2)14(9-13)16(19)18-11-3-4-12(18)8-10(17)7-11/h5-6,9-12H,3-4,7-8H2,1-2H3. The topological polar surface area (TPSA) is 38.8 Å². The molecule has 0 spiro atoms. The van der Waals surface area contributed by atoms with Crippen molar-refractivity contribution in [1.29, 1.82) is 0 Å². The molecule has 114 valence electrons. The van der Waals surface area contributed by atoms with Crippen LogP contribution < -0.4 is 9.47 Å². The number of carbonyl (C=O) groups is 1. The third kappa shape index (κ3) is 2.63. The fourth-order valence-electron chi connectivity index (χ4n) is 3.56. The first-order chi connectivity index (χ1) is 10.1. The van der Waals surface area contributed by atoms with Crippen LogP contribution in [0.3, 0.4) is 0 Å². The minimum atomic E-state index is 0.0673. The summed E-state index contributed by atoms with van der Waals surface area (Å²) in [7, 11) is 3.20. The normalized spacial score (nSPS) is 27.6. The van der Waals surface area contributed by atoms with Crippen LogP contribution in [0.4, 0.5) is 0 Å². The number of hydrogen-bond donors (Lipinski definition) is 0. The Morgan fingerprint density at radius 3 is 2.43 bits per heavy atom. The molecule has 2 fully saturated rings. The summed E-state index contributed by atoms with van der Waals surface area (Å²) in [6.07, 6.45) is 4.28. The van der Waals surface area contributed by atoms with Gasteiger partial charge in [-0.15, -0.1) is 0 Å². The lowest BCUT2D eigenvalue weighted by atomic mass is 10.0. The maximum Gasteiger partial charge on any atom is 0.258 e. The second kappa shape index (κ2) is 5.87. The van der Waals surface area contributed by atoms with E-state index < -0.39 is 0 Å². The number of ether oxygens (including phenoxy) is 2. The number of piperidine rings is 1. The first kappa shape index (κ1) is 14.7. The molecule has 1 aromatic rings. The van der Waals surface area contributed by atoms with Crippen LogP contribution in [0.5, 0.6) is 11.5 Å². The Kier molecular flexibility index (Phi) is 4.11. The highest BCUT2D eigenvalue weighted by Crippen LogP contribution is 2.40.